The van der Waals surface area contributed by atoms with Gasteiger partial charge in [-0.3, -0.25) is 0 Å². The van der Waals surface area contributed by atoms with Gasteiger partial charge in [-0.1, -0.05) is 0 Å². The molecule has 0 atom stereocenters. The van der Waals surface area contributed by atoms with E-state index in [1.807, 2.05) is 0 Å². The molecule has 0 unspecified atom stereocenters. The van der Waals surface area contributed by atoms with Crippen LogP contribution in [0.15, 0.2) is 0 Å². The molecule has 7 heavy (non-hydrogen) atoms. The summed E-state index contributed by atoms with van der Waals surface area (Å²) in [5.41, 5.74) is 0. The summed E-state index contributed by atoms with van der Waals surface area (Å²) in [6.45, 7) is 0. The van der Waals surface area contributed by atoms with Gasteiger partial charge in [0.15, 0.2) is 0 Å². The minimum atomic E-state index is 0. The van der Waals surface area contributed by atoms with Crippen molar-refractivity contribution < 1.29 is 49.5 Å². The number of rotatable bonds is 0. The second kappa shape index (κ2) is 46.9. The molecule has 0 saturated heterocycles. The summed E-state index contributed by atoms with van der Waals surface area (Å²) in [6.07, 6.45) is 0. The van der Waals surface area contributed by atoms with Gasteiger partial charge in [-0.2, -0.15) is 0 Å². The number of hydrogen-bond donors (Lipinski definition) is 0. The topological polar surface area (TPSA) is 17.1 Å². The van der Waals surface area contributed by atoms with Crippen molar-refractivity contribution >= 4 is 93.1 Å². The normalized spacial score (nSPS) is 0.571. The van der Waals surface area contributed by atoms with Crippen LogP contribution in [0.5, 0.6) is 0 Å². The third kappa shape index (κ3) is 37.6. The van der Waals surface area contributed by atoms with E-state index in [1.165, 1.54) is 0 Å². The van der Waals surface area contributed by atoms with Crippen LogP contribution in [-0.2, 0) is 49.5 Å². The average molecular weight is 718 g/mol. The van der Waals surface area contributed by atoms with Crippen LogP contribution in [0.1, 0.15) is 0 Å². The maximum Gasteiger partial charge on any atom is 0 e. The standard InChI is InChI=1S/Cd.GeH4.In.O.Pb.Sn.Zn.7H/h;1H4;;;;;;;;;;;;. The van der Waals surface area contributed by atoms with E-state index in [-0.39, 0.29) is 140 Å². The molecule has 0 rings (SSSR count). The molecule has 0 aliphatic rings. The molecular formula is H11CdGeInOPbSnZn. The molecule has 0 spiro atoms. The first-order chi connectivity index (χ1) is 1.00. The molecule has 0 bridgehead atoms. The van der Waals surface area contributed by atoms with E-state index in [1.54, 1.807) is 0 Å². The minimum Gasteiger partial charge on any atom is 0 e. The van der Waals surface area contributed by atoms with Crippen LogP contribution in [-0.4, -0.2) is 93.1 Å². The molecule has 0 aromatic heterocycles. The molecule has 7 heteroatoms. The summed E-state index contributed by atoms with van der Waals surface area (Å²) < 4.78 is 8.39. The van der Waals surface area contributed by atoms with Gasteiger partial charge in [0.2, 0.25) is 0 Å². The van der Waals surface area contributed by atoms with Gasteiger partial charge in [0, 0.05) is 46.8 Å². The van der Waals surface area contributed by atoms with Crippen molar-refractivity contribution in [3.05, 3.63) is 0 Å². The zero-order chi connectivity index (χ0) is 2.00. The Balaban J connectivity index is -0.000000000500. The van der Waals surface area contributed by atoms with Gasteiger partial charge in [0.1, 0.15) is 0 Å². The van der Waals surface area contributed by atoms with Crippen molar-refractivity contribution in [1.82, 2.24) is 0 Å². The van der Waals surface area contributed by atoms with E-state index in [2.05, 4.69) is 0 Å². The molecule has 1 nitrogen and oxygen atoms in total. The second-order valence-corrected chi connectivity index (χ2v) is 0. The van der Waals surface area contributed by atoms with Gasteiger partial charge in [0.05, 0.1) is 0 Å². The molecule has 0 N–H and O–H groups in total. The Morgan fingerprint density at radius 1 is 1.14 bits per heavy atom. The largest absolute Gasteiger partial charge is 0 e. The van der Waals surface area contributed by atoms with Gasteiger partial charge in [-0.25, -0.2) is 0 Å². The zero-order valence-corrected chi connectivity index (χ0v) is 13.2. The first-order valence-corrected chi connectivity index (χ1v) is 1.79. The van der Waals surface area contributed by atoms with Crippen LogP contribution in [0.25, 0.3) is 0 Å². The zero-order valence-electron chi connectivity index (χ0n) is 2.32. The maximum atomic E-state index is 8.39. The maximum absolute atomic E-state index is 8.39. The molecule has 36 valence electrons. The summed E-state index contributed by atoms with van der Waals surface area (Å²) in [4.78, 5) is 0. The third-order valence-electron chi connectivity index (χ3n) is 0. The van der Waals surface area contributed by atoms with Gasteiger partial charge in [-0.05, 0) is 0 Å². The Hall–Kier alpha value is 4.48. The van der Waals surface area contributed by atoms with E-state index < -0.39 is 0 Å². The van der Waals surface area contributed by atoms with Crippen LogP contribution in [0.4, 0.5) is 0 Å². The Kier molecular flexibility index (Phi) is 282. The SMILES string of the molecule is [Cd].[GeH4].[InH3].[O]=[Pb].[SnH4].[Zn]. The summed E-state index contributed by atoms with van der Waals surface area (Å²) in [6, 6.07) is 0. The summed E-state index contributed by atoms with van der Waals surface area (Å²) in [7, 11) is 0. The van der Waals surface area contributed by atoms with E-state index in [0.717, 1.165) is 0 Å². The van der Waals surface area contributed by atoms with Gasteiger partial charge in [-0.15, -0.1) is 0 Å². The first-order valence-electron chi connectivity index (χ1n) is 0.204. The van der Waals surface area contributed by atoms with E-state index in [4.69, 9.17) is 2.69 Å². The Morgan fingerprint density at radius 3 is 1.14 bits per heavy atom. The predicted octanol–water partition coefficient (Wildman–Crippen LogP) is -4.59. The van der Waals surface area contributed by atoms with Crippen molar-refractivity contribution in [2.75, 3.05) is 0 Å². The molecular weight excluding hydrogens is 707 g/mol. The number of hydrogen-bond acceptors (Lipinski definition) is 1. The third-order valence-corrected chi connectivity index (χ3v) is 0. The molecule has 2 radical (unpaired) electrons. The Labute approximate surface area is 139 Å². The smallest absolute Gasteiger partial charge is 0 e. The molecule has 0 aliphatic heterocycles. The quantitative estimate of drug-likeness (QED) is 0.231. The van der Waals surface area contributed by atoms with Crippen molar-refractivity contribution in [2.24, 2.45) is 0 Å². The Morgan fingerprint density at radius 2 is 1.14 bits per heavy atom. The van der Waals surface area contributed by atoms with Crippen molar-refractivity contribution in [2.45, 2.75) is 0 Å². The fourth-order valence-corrected chi connectivity index (χ4v) is 0. The summed E-state index contributed by atoms with van der Waals surface area (Å²) in [5, 5.41) is 0. The van der Waals surface area contributed by atoms with Crippen LogP contribution in [0.3, 0.4) is 0 Å². The predicted molar refractivity (Wildman–Crippen MR) is 39.0 cm³/mol. The average Bonchev–Trinajstić information content (AvgIpc) is 1.00. The van der Waals surface area contributed by atoms with Gasteiger partial charge >= 0.3 is 95.8 Å². The fourth-order valence-electron chi connectivity index (χ4n) is 0. The first kappa shape index (κ1) is 42.0. The molecule has 0 aliphatic carbocycles. The van der Waals surface area contributed by atoms with Crippen LogP contribution in [0, 0.1) is 0 Å². The van der Waals surface area contributed by atoms with E-state index in [0.29, 0.717) is 0 Å². The second-order valence-electron chi connectivity index (χ2n) is 0. The van der Waals surface area contributed by atoms with E-state index >= 15 is 0 Å². The minimum absolute atomic E-state index is 0. The Bertz CT molecular complexity index is 19.7. The van der Waals surface area contributed by atoms with Crippen LogP contribution in [0.2, 0.25) is 0 Å². The summed E-state index contributed by atoms with van der Waals surface area (Å²) in [5.74, 6) is 0. The van der Waals surface area contributed by atoms with Crippen molar-refractivity contribution in [3.8, 4) is 0 Å². The molecule has 0 heterocycles. The summed E-state index contributed by atoms with van der Waals surface area (Å²) >= 11 is 0.0556. The molecule has 0 aromatic rings. The van der Waals surface area contributed by atoms with Crippen molar-refractivity contribution in [3.63, 3.8) is 0 Å². The van der Waals surface area contributed by atoms with Crippen LogP contribution < -0.4 is 0 Å². The van der Waals surface area contributed by atoms with Gasteiger partial charge in [0.25, 0.3) is 0 Å². The molecule has 0 saturated carbocycles. The van der Waals surface area contributed by atoms with Gasteiger partial charge < -0.3 is 0 Å². The molecule has 0 fully saturated rings. The molecule has 0 aromatic carbocycles. The van der Waals surface area contributed by atoms with Crippen LogP contribution >= 0.6 is 0 Å². The molecule has 0 amide bonds. The fraction of sp³-hybridized carbons (Fsp3) is 0. The van der Waals surface area contributed by atoms with Crippen molar-refractivity contribution in [1.29, 1.82) is 0 Å². The van der Waals surface area contributed by atoms with E-state index in [9.17, 15) is 0 Å². The monoisotopic (exact) mass is 722 g/mol.